The van der Waals surface area contributed by atoms with E-state index in [0.29, 0.717) is 10.9 Å². The number of thiazole rings is 1. The molecule has 0 saturated carbocycles. The molecule has 2 aromatic carbocycles. The summed E-state index contributed by atoms with van der Waals surface area (Å²) in [4.78, 5) is 23.2. The van der Waals surface area contributed by atoms with Gasteiger partial charge in [0.25, 0.3) is 0 Å². The van der Waals surface area contributed by atoms with Gasteiger partial charge < -0.3 is 4.57 Å². The van der Waals surface area contributed by atoms with Gasteiger partial charge in [-0.25, -0.2) is 9.97 Å². The predicted octanol–water partition coefficient (Wildman–Crippen LogP) is 5.01. The molecule has 0 aliphatic carbocycles. The molecule has 5 nitrogen and oxygen atoms in total. The Bertz CT molecular complexity index is 1090. The van der Waals surface area contributed by atoms with E-state index >= 15 is 0 Å². The van der Waals surface area contributed by atoms with Gasteiger partial charge in [0.2, 0.25) is 5.91 Å². The average Bonchev–Trinajstić information content (AvgIpc) is 3.26. The number of hydrogen-bond acceptors (Lipinski definition) is 5. The number of anilines is 2. The highest BCUT2D eigenvalue weighted by Crippen LogP contribution is 2.31. The zero-order chi connectivity index (χ0) is 18.8. The van der Waals surface area contributed by atoms with Crippen LogP contribution in [0.5, 0.6) is 0 Å². The largest absolute Gasteiger partial charge is 0.322 e. The number of carbonyl (C=O) groups is 1. The highest BCUT2D eigenvalue weighted by molar-refractivity contribution is 7.98. The van der Waals surface area contributed by atoms with Crippen molar-refractivity contribution in [1.82, 2.24) is 14.5 Å². The lowest BCUT2D eigenvalue weighted by atomic mass is 10.3. The summed E-state index contributed by atoms with van der Waals surface area (Å²) in [6, 6.07) is 17.7. The van der Waals surface area contributed by atoms with Gasteiger partial charge in [0.1, 0.15) is 0 Å². The van der Waals surface area contributed by atoms with Crippen LogP contribution < -0.4 is 4.90 Å². The van der Waals surface area contributed by atoms with Crippen LogP contribution in [-0.2, 0) is 17.6 Å². The van der Waals surface area contributed by atoms with Crippen molar-refractivity contribution >= 4 is 50.9 Å². The second kappa shape index (κ2) is 7.54. The Labute approximate surface area is 165 Å². The third-order valence-corrected chi connectivity index (χ3v) is 6.09. The second-order valence-electron chi connectivity index (χ2n) is 6.04. The van der Waals surface area contributed by atoms with E-state index in [1.54, 1.807) is 23.6 Å². The molecule has 27 heavy (non-hydrogen) atoms. The summed E-state index contributed by atoms with van der Waals surface area (Å²) in [5.41, 5.74) is 3.88. The molecule has 0 fully saturated rings. The standard InChI is InChI=1S/C20H18N4OS2/c1-14(25)24(16-8-4-3-5-9-16)20-21-15(13-27-20)12-26-19-22-17-10-6-7-11-18(17)23(19)2/h3-11,13H,12H2,1-2H3. The molecule has 4 rings (SSSR count). The molecule has 0 unspecified atom stereocenters. The van der Waals surface area contributed by atoms with Gasteiger partial charge in [0, 0.05) is 25.1 Å². The van der Waals surface area contributed by atoms with E-state index in [4.69, 9.17) is 0 Å². The van der Waals surface area contributed by atoms with Gasteiger partial charge in [-0.3, -0.25) is 9.69 Å². The molecule has 7 heteroatoms. The van der Waals surface area contributed by atoms with Crippen LogP contribution in [0.1, 0.15) is 12.6 Å². The Morgan fingerprint density at radius 2 is 1.85 bits per heavy atom. The number of thioether (sulfide) groups is 1. The monoisotopic (exact) mass is 394 g/mol. The van der Waals surface area contributed by atoms with Crippen LogP contribution in [0.3, 0.4) is 0 Å². The maximum Gasteiger partial charge on any atom is 0.230 e. The van der Waals surface area contributed by atoms with Crippen molar-refractivity contribution in [2.45, 2.75) is 17.8 Å². The summed E-state index contributed by atoms with van der Waals surface area (Å²) in [5, 5.41) is 3.65. The third kappa shape index (κ3) is 3.61. The van der Waals surface area contributed by atoms with Crippen molar-refractivity contribution in [2.75, 3.05) is 4.90 Å². The molecule has 0 aliphatic heterocycles. The average molecular weight is 395 g/mol. The van der Waals surface area contributed by atoms with E-state index < -0.39 is 0 Å². The number of para-hydroxylation sites is 3. The maximum absolute atomic E-state index is 12.2. The molecule has 2 aromatic heterocycles. The summed E-state index contributed by atoms with van der Waals surface area (Å²) >= 11 is 3.13. The Morgan fingerprint density at radius 3 is 2.59 bits per heavy atom. The van der Waals surface area contributed by atoms with Gasteiger partial charge in [-0.15, -0.1) is 11.3 Å². The van der Waals surface area contributed by atoms with Gasteiger partial charge in [0.15, 0.2) is 10.3 Å². The molecule has 4 aromatic rings. The molecule has 0 spiro atoms. The Kier molecular flexibility index (Phi) is 4.96. The number of fused-ring (bicyclic) bond motifs is 1. The number of benzene rings is 2. The smallest absolute Gasteiger partial charge is 0.230 e. The van der Waals surface area contributed by atoms with Gasteiger partial charge in [-0.2, -0.15) is 0 Å². The van der Waals surface area contributed by atoms with Crippen molar-refractivity contribution in [1.29, 1.82) is 0 Å². The predicted molar refractivity (Wildman–Crippen MR) is 112 cm³/mol. The van der Waals surface area contributed by atoms with Gasteiger partial charge >= 0.3 is 0 Å². The normalized spacial score (nSPS) is 11.0. The first-order chi connectivity index (χ1) is 13.1. The topological polar surface area (TPSA) is 51.0 Å². The molecule has 136 valence electrons. The van der Waals surface area contributed by atoms with E-state index in [-0.39, 0.29) is 5.91 Å². The lowest BCUT2D eigenvalue weighted by Crippen LogP contribution is -2.22. The number of hydrogen-bond donors (Lipinski definition) is 0. The van der Waals surface area contributed by atoms with Crippen molar-refractivity contribution in [2.24, 2.45) is 7.05 Å². The highest BCUT2D eigenvalue weighted by atomic mass is 32.2. The lowest BCUT2D eigenvalue weighted by molar-refractivity contribution is -0.115. The SMILES string of the molecule is CC(=O)N(c1ccccc1)c1nc(CSc2nc3ccccc3n2C)cs1. The van der Waals surface area contributed by atoms with Gasteiger partial charge in [-0.05, 0) is 24.3 Å². The first kappa shape index (κ1) is 17.8. The second-order valence-corrected chi connectivity index (χ2v) is 7.82. The van der Waals surface area contributed by atoms with E-state index in [1.165, 1.54) is 11.3 Å². The Morgan fingerprint density at radius 1 is 1.11 bits per heavy atom. The zero-order valence-corrected chi connectivity index (χ0v) is 16.6. The third-order valence-electron chi connectivity index (χ3n) is 4.16. The summed E-state index contributed by atoms with van der Waals surface area (Å²) < 4.78 is 2.10. The fraction of sp³-hybridized carbons (Fsp3) is 0.150. The molecule has 0 bridgehead atoms. The van der Waals surface area contributed by atoms with Crippen LogP contribution in [0.15, 0.2) is 65.1 Å². The molecular weight excluding hydrogens is 376 g/mol. The quantitative estimate of drug-likeness (QED) is 0.447. The zero-order valence-electron chi connectivity index (χ0n) is 15.0. The summed E-state index contributed by atoms with van der Waals surface area (Å²) in [7, 11) is 2.02. The van der Waals surface area contributed by atoms with Crippen LogP contribution in [0, 0.1) is 0 Å². The first-order valence-electron chi connectivity index (χ1n) is 8.48. The fourth-order valence-electron chi connectivity index (χ4n) is 2.86. The van der Waals surface area contributed by atoms with E-state index in [2.05, 4.69) is 20.6 Å². The van der Waals surface area contributed by atoms with Crippen molar-refractivity contribution in [3.05, 3.63) is 65.7 Å². The van der Waals surface area contributed by atoms with Crippen LogP contribution in [0.2, 0.25) is 0 Å². The van der Waals surface area contributed by atoms with E-state index in [9.17, 15) is 4.79 Å². The minimum atomic E-state index is -0.0508. The number of aromatic nitrogens is 3. The molecule has 0 N–H and O–H groups in total. The number of amides is 1. The van der Waals surface area contributed by atoms with Gasteiger partial charge in [-0.1, -0.05) is 42.1 Å². The highest BCUT2D eigenvalue weighted by Gasteiger charge is 2.18. The Balaban J connectivity index is 1.53. The molecule has 1 amide bonds. The number of imidazole rings is 1. The van der Waals surface area contributed by atoms with Gasteiger partial charge in [0.05, 0.1) is 22.4 Å². The summed E-state index contributed by atoms with van der Waals surface area (Å²) in [6.07, 6.45) is 0. The van der Waals surface area contributed by atoms with Crippen molar-refractivity contribution in [3.8, 4) is 0 Å². The number of aryl methyl sites for hydroxylation is 1. The molecule has 0 atom stereocenters. The lowest BCUT2D eigenvalue weighted by Gasteiger charge is -2.17. The molecule has 2 heterocycles. The number of carbonyl (C=O) groups excluding carboxylic acids is 1. The minimum Gasteiger partial charge on any atom is -0.322 e. The maximum atomic E-state index is 12.2. The van der Waals surface area contributed by atoms with E-state index in [0.717, 1.165) is 27.6 Å². The number of nitrogens with zero attached hydrogens (tertiary/aromatic N) is 4. The molecule has 0 radical (unpaired) electrons. The van der Waals surface area contributed by atoms with Crippen LogP contribution in [-0.4, -0.2) is 20.4 Å². The van der Waals surface area contributed by atoms with Crippen LogP contribution in [0.25, 0.3) is 11.0 Å². The molecule has 0 aliphatic rings. The summed E-state index contributed by atoms with van der Waals surface area (Å²) in [6.45, 7) is 1.56. The van der Waals surface area contributed by atoms with Crippen LogP contribution in [0.4, 0.5) is 10.8 Å². The minimum absolute atomic E-state index is 0.0508. The molecular formula is C20H18N4OS2. The van der Waals surface area contributed by atoms with Crippen molar-refractivity contribution < 1.29 is 4.79 Å². The number of rotatable bonds is 5. The van der Waals surface area contributed by atoms with Crippen LogP contribution >= 0.6 is 23.1 Å². The fourth-order valence-corrected chi connectivity index (χ4v) is 4.73. The first-order valence-corrected chi connectivity index (χ1v) is 10.3. The summed E-state index contributed by atoms with van der Waals surface area (Å²) in [5.74, 6) is 0.652. The van der Waals surface area contributed by atoms with Crippen molar-refractivity contribution in [3.63, 3.8) is 0 Å². The van der Waals surface area contributed by atoms with E-state index in [1.807, 2.05) is 61.0 Å². The molecule has 0 saturated heterocycles. The Hall–Kier alpha value is -2.64.